The van der Waals surface area contributed by atoms with Gasteiger partial charge in [0.05, 0.1) is 0 Å². The quantitative estimate of drug-likeness (QED) is 0.378. The van der Waals surface area contributed by atoms with Gasteiger partial charge in [-0.05, 0) is 12.1 Å². The molecule has 0 N–H and O–H groups in total. The molecule has 7 heteroatoms. The molecule has 1 aliphatic rings. The fourth-order valence-electron chi connectivity index (χ4n) is 4.71. The Morgan fingerprint density at radius 3 is 2.64 bits per heavy atom. The van der Waals surface area contributed by atoms with Gasteiger partial charge < -0.3 is 0 Å². The Bertz CT molecular complexity index is 1220. The number of rotatable bonds is 6. The number of fused-ring (bicyclic) bond motifs is 1. The van der Waals surface area contributed by atoms with E-state index in [1.54, 1.807) is 6.33 Å². The SMILES string of the molecule is CN(CCc1ccccn1)c1ccc(-c2cc(C3CCCCC3)c3c([AsH2])ncnc3n2)cn1. The summed E-state index contributed by atoms with van der Waals surface area (Å²) in [5.74, 6) is 1.51. The van der Waals surface area contributed by atoms with Crippen LogP contribution in [0.25, 0.3) is 22.3 Å². The van der Waals surface area contributed by atoms with E-state index in [0.717, 1.165) is 51.2 Å². The molecule has 4 aromatic rings. The summed E-state index contributed by atoms with van der Waals surface area (Å²) in [5.41, 5.74) is 5.24. The molecule has 1 atom stereocenters. The molecule has 0 aliphatic heterocycles. The zero-order valence-electron chi connectivity index (χ0n) is 19.0. The Morgan fingerprint density at radius 1 is 1.00 bits per heavy atom. The zero-order valence-corrected chi connectivity index (χ0v) is 21.4. The van der Waals surface area contributed by atoms with Gasteiger partial charge in [0.1, 0.15) is 0 Å². The maximum absolute atomic E-state index is 4.91. The Balaban J connectivity index is 1.41. The van der Waals surface area contributed by atoms with Crippen LogP contribution in [-0.2, 0) is 6.42 Å². The number of pyridine rings is 3. The minimum atomic E-state index is 0.563. The van der Waals surface area contributed by atoms with Crippen molar-refractivity contribution in [3.05, 3.63) is 66.4 Å². The molecule has 6 nitrogen and oxygen atoms in total. The predicted molar refractivity (Wildman–Crippen MR) is 136 cm³/mol. The molecule has 0 radical (unpaired) electrons. The zero-order chi connectivity index (χ0) is 22.6. The number of anilines is 1. The van der Waals surface area contributed by atoms with Gasteiger partial charge in [-0.2, -0.15) is 0 Å². The Hall–Kier alpha value is -2.85. The first-order valence-electron chi connectivity index (χ1n) is 11.7. The third-order valence-corrected chi connectivity index (χ3v) is 7.49. The Morgan fingerprint density at radius 2 is 1.88 bits per heavy atom. The van der Waals surface area contributed by atoms with Crippen LogP contribution >= 0.6 is 0 Å². The maximum atomic E-state index is 4.91. The molecule has 1 unspecified atom stereocenters. The molecule has 0 amide bonds. The second kappa shape index (κ2) is 9.96. The molecule has 1 saturated carbocycles. The number of aromatic nitrogens is 5. The van der Waals surface area contributed by atoms with Crippen molar-refractivity contribution in [2.45, 2.75) is 44.4 Å². The van der Waals surface area contributed by atoms with Crippen molar-refractivity contribution in [2.24, 2.45) is 0 Å². The van der Waals surface area contributed by atoms with Gasteiger partial charge in [-0.25, -0.2) is 0 Å². The summed E-state index contributed by atoms with van der Waals surface area (Å²) in [4.78, 5) is 25.3. The summed E-state index contributed by atoms with van der Waals surface area (Å²) in [5, 5.41) is 1.16. The van der Waals surface area contributed by atoms with Crippen molar-refractivity contribution in [3.63, 3.8) is 0 Å². The van der Waals surface area contributed by atoms with Crippen molar-refractivity contribution in [1.29, 1.82) is 0 Å². The fourth-order valence-corrected chi connectivity index (χ4v) is 5.47. The molecule has 1 fully saturated rings. The van der Waals surface area contributed by atoms with E-state index >= 15 is 0 Å². The molecule has 0 aromatic carbocycles. The third-order valence-electron chi connectivity index (χ3n) is 6.57. The third kappa shape index (κ3) is 4.91. The van der Waals surface area contributed by atoms with Gasteiger partial charge in [0, 0.05) is 11.9 Å². The second-order valence-electron chi connectivity index (χ2n) is 8.79. The molecule has 4 heterocycles. The second-order valence-corrected chi connectivity index (χ2v) is 9.93. The van der Waals surface area contributed by atoms with E-state index in [1.807, 2.05) is 24.5 Å². The summed E-state index contributed by atoms with van der Waals surface area (Å²) in [6.07, 6.45) is 12.7. The van der Waals surface area contributed by atoms with Gasteiger partial charge in [-0.1, -0.05) is 6.07 Å². The van der Waals surface area contributed by atoms with Crippen LogP contribution in [-0.4, -0.2) is 55.4 Å². The number of likely N-dealkylation sites (N-methyl/N-ethyl adjacent to an activating group) is 1. The normalized spacial score (nSPS) is 14.5. The average Bonchev–Trinajstić information content (AvgIpc) is 2.88. The van der Waals surface area contributed by atoms with E-state index in [2.05, 4.69) is 51.2 Å². The van der Waals surface area contributed by atoms with Crippen molar-refractivity contribution in [1.82, 2.24) is 24.9 Å². The summed E-state index contributed by atoms with van der Waals surface area (Å²) in [7, 11) is 2.07. The number of hydrogen-bond acceptors (Lipinski definition) is 6. The fraction of sp³-hybridized carbons (Fsp3) is 0.346. The van der Waals surface area contributed by atoms with Crippen LogP contribution in [0.4, 0.5) is 5.82 Å². The standard InChI is InChI=1S/C26H29AsN6/c1-33(14-12-20-9-5-6-13-28-20)23-11-10-19(16-29-23)22-15-21(18-7-3-2-4-8-18)24-25(27)30-17-31-26(24)32-22/h5-6,9-11,13,15-18H,2-4,7-8,12,14,27H2,1H3. The van der Waals surface area contributed by atoms with E-state index in [-0.39, 0.29) is 0 Å². The van der Waals surface area contributed by atoms with Gasteiger partial charge in [-0.3, -0.25) is 4.98 Å². The van der Waals surface area contributed by atoms with E-state index in [1.165, 1.54) is 54.5 Å². The summed E-state index contributed by atoms with van der Waals surface area (Å²) in [6, 6.07) is 12.5. The van der Waals surface area contributed by atoms with Crippen molar-refractivity contribution in [3.8, 4) is 11.3 Å². The summed E-state index contributed by atoms with van der Waals surface area (Å²) < 4.78 is 1.08. The summed E-state index contributed by atoms with van der Waals surface area (Å²) in [6.45, 7) is 0.862. The Kier molecular flexibility index (Phi) is 6.63. The minimum absolute atomic E-state index is 0.563. The number of hydrogen-bond donors (Lipinski definition) is 0. The molecule has 1 aliphatic carbocycles. The first-order valence-corrected chi connectivity index (χ1v) is 12.9. The summed E-state index contributed by atoms with van der Waals surface area (Å²) >= 11 is 1.54. The van der Waals surface area contributed by atoms with Crippen molar-refractivity contribution in [2.75, 3.05) is 18.5 Å². The molecular formula is C26H29AsN6. The van der Waals surface area contributed by atoms with Gasteiger partial charge in [0.2, 0.25) is 0 Å². The van der Waals surface area contributed by atoms with E-state index in [0.29, 0.717) is 5.92 Å². The van der Waals surface area contributed by atoms with Crippen molar-refractivity contribution < 1.29 is 0 Å². The molecule has 0 bridgehead atoms. The van der Waals surface area contributed by atoms with Crippen LogP contribution in [0.2, 0.25) is 0 Å². The molecule has 5 rings (SSSR count). The van der Waals surface area contributed by atoms with Crippen LogP contribution in [0, 0.1) is 0 Å². The van der Waals surface area contributed by atoms with Crippen LogP contribution in [0.15, 0.2) is 55.1 Å². The first-order chi connectivity index (χ1) is 16.2. The molecule has 33 heavy (non-hydrogen) atoms. The molecule has 0 saturated heterocycles. The molecule has 0 spiro atoms. The molecule has 168 valence electrons. The van der Waals surface area contributed by atoms with Crippen LogP contribution in [0.3, 0.4) is 0 Å². The van der Waals surface area contributed by atoms with Crippen LogP contribution < -0.4 is 9.38 Å². The van der Waals surface area contributed by atoms with E-state index in [9.17, 15) is 0 Å². The molecule has 4 aromatic heterocycles. The Labute approximate surface area is 203 Å². The first kappa shape index (κ1) is 22.0. The van der Waals surface area contributed by atoms with Crippen molar-refractivity contribution >= 4 is 38.2 Å². The van der Waals surface area contributed by atoms with Gasteiger partial charge in [0.25, 0.3) is 0 Å². The monoisotopic (exact) mass is 500 g/mol. The van der Waals surface area contributed by atoms with Gasteiger partial charge in [-0.15, -0.1) is 0 Å². The van der Waals surface area contributed by atoms with E-state index in [4.69, 9.17) is 9.97 Å². The molecular weight excluding hydrogens is 471 g/mol. The predicted octanol–water partition coefficient (Wildman–Crippen LogP) is 3.47. The van der Waals surface area contributed by atoms with Crippen LogP contribution in [0.1, 0.15) is 49.3 Å². The average molecular weight is 500 g/mol. The van der Waals surface area contributed by atoms with Crippen LogP contribution in [0.5, 0.6) is 0 Å². The van der Waals surface area contributed by atoms with Gasteiger partial charge >= 0.3 is 169 Å². The topological polar surface area (TPSA) is 67.7 Å². The van der Waals surface area contributed by atoms with E-state index < -0.39 is 0 Å². The number of nitrogens with zero attached hydrogens (tertiary/aromatic N) is 6. The van der Waals surface area contributed by atoms with Gasteiger partial charge in [0.15, 0.2) is 0 Å².